The number of carbonyl (C=O) groups is 1. The number of nitrogens with zero attached hydrogens (tertiary/aromatic N) is 1. The van der Waals surface area contributed by atoms with Crippen molar-refractivity contribution >= 4 is 11.6 Å². The first kappa shape index (κ1) is 13.5. The Morgan fingerprint density at radius 3 is 2.71 bits per heavy atom. The molecule has 3 nitrogen and oxygen atoms in total. The Labute approximate surface area is 122 Å². The summed E-state index contributed by atoms with van der Waals surface area (Å²) >= 11 is 0. The largest absolute Gasteiger partial charge is 0.319 e. The lowest BCUT2D eigenvalue weighted by Crippen LogP contribution is -2.14. The quantitative estimate of drug-likeness (QED) is 0.856. The Hall–Kier alpha value is -2.49. The van der Waals surface area contributed by atoms with E-state index in [9.17, 15) is 9.18 Å². The normalized spacial score (nSPS) is 13.7. The molecular formula is C17H15FN2O. The molecule has 0 atom stereocenters. The second kappa shape index (κ2) is 5.48. The van der Waals surface area contributed by atoms with E-state index in [0.717, 1.165) is 29.5 Å². The number of amides is 1. The monoisotopic (exact) mass is 282 g/mol. The molecule has 0 saturated heterocycles. The molecule has 1 N–H and O–H groups in total. The molecule has 1 aromatic heterocycles. The third-order valence-corrected chi connectivity index (χ3v) is 3.67. The van der Waals surface area contributed by atoms with Crippen molar-refractivity contribution in [3.05, 3.63) is 71.3 Å². The number of halogens is 1. The molecule has 1 heterocycles. The van der Waals surface area contributed by atoms with E-state index < -0.39 is 5.82 Å². The zero-order chi connectivity index (χ0) is 14.8. The fourth-order valence-electron chi connectivity index (χ4n) is 2.52. The highest BCUT2D eigenvalue weighted by Crippen LogP contribution is 2.28. The van der Waals surface area contributed by atoms with Crippen LogP contribution in [0.2, 0.25) is 0 Å². The molecule has 0 spiro atoms. The Morgan fingerprint density at radius 2 is 1.95 bits per heavy atom. The summed E-state index contributed by atoms with van der Waals surface area (Å²) < 4.78 is 14.1. The van der Waals surface area contributed by atoms with Gasteiger partial charge in [0.2, 0.25) is 0 Å². The summed E-state index contributed by atoms with van der Waals surface area (Å²) in [5.41, 5.74) is 3.84. The van der Waals surface area contributed by atoms with Crippen molar-refractivity contribution in [3.63, 3.8) is 0 Å². The van der Waals surface area contributed by atoms with Crippen LogP contribution >= 0.6 is 0 Å². The molecule has 1 aliphatic rings. The maximum atomic E-state index is 14.1. The summed E-state index contributed by atoms with van der Waals surface area (Å²) in [6.45, 7) is 3.96. The van der Waals surface area contributed by atoms with E-state index in [1.165, 1.54) is 18.5 Å². The molecule has 106 valence electrons. The molecule has 0 fully saturated rings. The first-order valence-electron chi connectivity index (χ1n) is 6.83. The molecule has 0 radical (unpaired) electrons. The fraction of sp³-hybridized carbons (Fsp3) is 0.176. The van der Waals surface area contributed by atoms with Crippen LogP contribution in [0.25, 0.3) is 0 Å². The second-order valence-corrected chi connectivity index (χ2v) is 5.22. The fourth-order valence-corrected chi connectivity index (χ4v) is 2.52. The minimum absolute atomic E-state index is 0.225. The number of allylic oxidation sites excluding steroid dienone is 1. The van der Waals surface area contributed by atoms with Gasteiger partial charge in [-0.1, -0.05) is 12.2 Å². The van der Waals surface area contributed by atoms with E-state index in [-0.39, 0.29) is 11.6 Å². The van der Waals surface area contributed by atoms with Crippen LogP contribution in [0.1, 0.15) is 27.9 Å². The van der Waals surface area contributed by atoms with Crippen molar-refractivity contribution in [2.24, 2.45) is 0 Å². The van der Waals surface area contributed by atoms with Crippen molar-refractivity contribution in [1.29, 1.82) is 0 Å². The topological polar surface area (TPSA) is 42.0 Å². The van der Waals surface area contributed by atoms with Gasteiger partial charge >= 0.3 is 0 Å². The molecule has 4 heteroatoms. The SMILES string of the molecule is C=C1CCc2cc(NC(=O)c3ccncc3)c(F)cc2C1. The molecule has 0 unspecified atom stereocenters. The Balaban J connectivity index is 1.86. The lowest BCUT2D eigenvalue weighted by Gasteiger charge is -2.19. The van der Waals surface area contributed by atoms with Crippen LogP contribution < -0.4 is 5.32 Å². The molecule has 3 rings (SSSR count). The van der Waals surface area contributed by atoms with Crippen molar-refractivity contribution in [3.8, 4) is 0 Å². The summed E-state index contributed by atoms with van der Waals surface area (Å²) in [4.78, 5) is 15.9. The lowest BCUT2D eigenvalue weighted by atomic mass is 9.88. The summed E-state index contributed by atoms with van der Waals surface area (Å²) in [5.74, 6) is -0.748. The van der Waals surface area contributed by atoms with E-state index in [1.807, 2.05) is 0 Å². The predicted molar refractivity (Wildman–Crippen MR) is 79.8 cm³/mol. The van der Waals surface area contributed by atoms with Crippen molar-refractivity contribution in [2.45, 2.75) is 19.3 Å². The number of anilines is 1. The van der Waals surface area contributed by atoms with E-state index in [0.29, 0.717) is 12.0 Å². The average molecular weight is 282 g/mol. The average Bonchev–Trinajstić information content (AvgIpc) is 2.49. The number of carbonyl (C=O) groups excluding carboxylic acids is 1. The van der Waals surface area contributed by atoms with Crippen molar-refractivity contribution in [2.75, 3.05) is 5.32 Å². The Bertz CT molecular complexity index is 710. The molecule has 1 amide bonds. The number of hydrogen-bond donors (Lipinski definition) is 1. The first-order chi connectivity index (χ1) is 10.1. The summed E-state index contributed by atoms with van der Waals surface area (Å²) in [7, 11) is 0. The van der Waals surface area contributed by atoms with Crippen LogP contribution in [-0.2, 0) is 12.8 Å². The minimum atomic E-state index is -0.411. The minimum Gasteiger partial charge on any atom is -0.319 e. The summed E-state index contributed by atoms with van der Waals surface area (Å²) in [5, 5.41) is 2.62. The van der Waals surface area contributed by atoms with Gasteiger partial charge in [0.05, 0.1) is 5.69 Å². The molecule has 0 bridgehead atoms. The van der Waals surface area contributed by atoms with Gasteiger partial charge in [-0.2, -0.15) is 0 Å². The van der Waals surface area contributed by atoms with Gasteiger partial charge in [-0.15, -0.1) is 0 Å². The number of nitrogens with one attached hydrogen (secondary N) is 1. The zero-order valence-electron chi connectivity index (χ0n) is 11.5. The molecule has 0 aliphatic heterocycles. The maximum Gasteiger partial charge on any atom is 0.255 e. The second-order valence-electron chi connectivity index (χ2n) is 5.22. The van der Waals surface area contributed by atoms with Gasteiger partial charge in [-0.3, -0.25) is 9.78 Å². The molecule has 21 heavy (non-hydrogen) atoms. The Morgan fingerprint density at radius 1 is 1.19 bits per heavy atom. The number of rotatable bonds is 2. The van der Waals surface area contributed by atoms with Gasteiger partial charge in [-0.05, 0) is 54.7 Å². The molecular weight excluding hydrogens is 267 g/mol. The van der Waals surface area contributed by atoms with Crippen LogP contribution in [0.4, 0.5) is 10.1 Å². The highest BCUT2D eigenvalue weighted by Gasteiger charge is 2.17. The highest BCUT2D eigenvalue weighted by molar-refractivity contribution is 6.04. The van der Waals surface area contributed by atoms with Gasteiger partial charge in [0.1, 0.15) is 5.82 Å². The van der Waals surface area contributed by atoms with Gasteiger partial charge in [0, 0.05) is 18.0 Å². The van der Waals surface area contributed by atoms with Crippen LogP contribution in [-0.4, -0.2) is 10.9 Å². The number of hydrogen-bond acceptors (Lipinski definition) is 2. The summed E-state index contributed by atoms with van der Waals surface area (Å²) in [6.07, 6.45) is 5.53. The predicted octanol–water partition coefficient (Wildman–Crippen LogP) is 3.52. The Kier molecular flexibility index (Phi) is 3.52. The lowest BCUT2D eigenvalue weighted by molar-refractivity contribution is 0.102. The van der Waals surface area contributed by atoms with Crippen molar-refractivity contribution < 1.29 is 9.18 Å². The van der Waals surface area contributed by atoms with E-state index in [2.05, 4.69) is 16.9 Å². The number of benzene rings is 1. The number of aryl methyl sites for hydroxylation is 1. The highest BCUT2D eigenvalue weighted by atomic mass is 19.1. The maximum absolute atomic E-state index is 14.1. The summed E-state index contributed by atoms with van der Waals surface area (Å²) in [6, 6.07) is 6.42. The van der Waals surface area contributed by atoms with Crippen LogP contribution in [0.3, 0.4) is 0 Å². The molecule has 1 aliphatic carbocycles. The van der Waals surface area contributed by atoms with E-state index >= 15 is 0 Å². The van der Waals surface area contributed by atoms with Gasteiger partial charge in [0.25, 0.3) is 5.91 Å². The van der Waals surface area contributed by atoms with Crippen LogP contribution in [0.15, 0.2) is 48.8 Å². The number of fused-ring (bicyclic) bond motifs is 1. The van der Waals surface area contributed by atoms with E-state index in [4.69, 9.17) is 0 Å². The standard InChI is InChI=1S/C17H15FN2O/c1-11-2-3-13-10-16(15(18)9-14(13)8-11)20-17(21)12-4-6-19-7-5-12/h4-7,9-10H,1-3,8H2,(H,20,21). The smallest absolute Gasteiger partial charge is 0.255 e. The zero-order valence-corrected chi connectivity index (χ0v) is 11.5. The van der Waals surface area contributed by atoms with Gasteiger partial charge < -0.3 is 5.32 Å². The van der Waals surface area contributed by atoms with Crippen LogP contribution in [0.5, 0.6) is 0 Å². The molecule has 1 aromatic carbocycles. The van der Waals surface area contributed by atoms with Gasteiger partial charge in [0.15, 0.2) is 0 Å². The number of pyridine rings is 1. The molecule has 2 aromatic rings. The van der Waals surface area contributed by atoms with Gasteiger partial charge in [-0.25, -0.2) is 4.39 Å². The first-order valence-corrected chi connectivity index (χ1v) is 6.83. The van der Waals surface area contributed by atoms with E-state index in [1.54, 1.807) is 18.2 Å². The third-order valence-electron chi connectivity index (χ3n) is 3.67. The van der Waals surface area contributed by atoms with Crippen LogP contribution in [0, 0.1) is 5.82 Å². The third kappa shape index (κ3) is 2.84. The number of aromatic nitrogens is 1. The molecule has 0 saturated carbocycles. The van der Waals surface area contributed by atoms with Crippen molar-refractivity contribution in [1.82, 2.24) is 4.98 Å².